The number of rotatable bonds is 8. The van der Waals surface area contributed by atoms with E-state index in [2.05, 4.69) is 0 Å². The van der Waals surface area contributed by atoms with E-state index in [-0.39, 0.29) is 25.5 Å². The van der Waals surface area contributed by atoms with Gasteiger partial charge in [0.05, 0.1) is 4.91 Å². The number of amides is 2. The molecular weight excluding hydrogens is 364 g/mol. The highest BCUT2D eigenvalue weighted by Crippen LogP contribution is 2.32. The molecule has 0 spiro atoms. The van der Waals surface area contributed by atoms with Crippen LogP contribution >= 0.6 is 24.0 Å². The first-order valence-electron chi connectivity index (χ1n) is 7.35. The molecule has 0 saturated carbocycles. The second-order valence-electron chi connectivity index (χ2n) is 5.15. The standard InChI is InChI=1S/C16H16N2O5S2/c17-13(19)9-23-11-5-3-10(4-6-11)8-12-15(22)18(16(24)25-12)7-1-2-14(20)21/h3-6,8H,1-2,7,9H2,(H2,17,19)(H,20,21). The molecule has 25 heavy (non-hydrogen) atoms. The van der Waals surface area contributed by atoms with Crippen molar-refractivity contribution in [3.05, 3.63) is 34.7 Å². The van der Waals surface area contributed by atoms with Crippen LogP contribution in [0.4, 0.5) is 0 Å². The zero-order chi connectivity index (χ0) is 18.4. The van der Waals surface area contributed by atoms with Crippen molar-refractivity contribution in [2.45, 2.75) is 12.8 Å². The molecule has 0 atom stereocenters. The lowest BCUT2D eigenvalue weighted by molar-refractivity contribution is -0.137. The summed E-state index contributed by atoms with van der Waals surface area (Å²) in [6.07, 6.45) is 2.04. The fourth-order valence-electron chi connectivity index (χ4n) is 2.05. The van der Waals surface area contributed by atoms with Gasteiger partial charge in [-0.15, -0.1) is 0 Å². The summed E-state index contributed by atoms with van der Waals surface area (Å²) < 4.78 is 5.59. The molecule has 1 aliphatic heterocycles. The van der Waals surface area contributed by atoms with Crippen LogP contribution in [0.3, 0.4) is 0 Å². The Morgan fingerprint density at radius 1 is 1.32 bits per heavy atom. The van der Waals surface area contributed by atoms with Gasteiger partial charge in [0.2, 0.25) is 0 Å². The fraction of sp³-hybridized carbons (Fsp3) is 0.250. The summed E-state index contributed by atoms with van der Waals surface area (Å²) in [4.78, 5) is 35.5. The first-order chi connectivity index (χ1) is 11.9. The number of nitrogens with zero attached hydrogens (tertiary/aromatic N) is 1. The number of aliphatic carboxylic acids is 1. The summed E-state index contributed by atoms with van der Waals surface area (Å²) in [5.41, 5.74) is 5.78. The second-order valence-corrected chi connectivity index (χ2v) is 6.83. The van der Waals surface area contributed by atoms with Gasteiger partial charge in [0.25, 0.3) is 11.8 Å². The second kappa shape index (κ2) is 8.63. The summed E-state index contributed by atoms with van der Waals surface area (Å²) in [5.74, 6) is -1.19. The first-order valence-corrected chi connectivity index (χ1v) is 8.57. The van der Waals surface area contributed by atoms with E-state index in [1.54, 1.807) is 30.3 Å². The van der Waals surface area contributed by atoms with Crippen LogP contribution in [0.25, 0.3) is 6.08 Å². The number of hydrogen-bond donors (Lipinski definition) is 2. The smallest absolute Gasteiger partial charge is 0.303 e. The number of thiocarbonyl (C=S) groups is 1. The molecule has 132 valence electrons. The predicted octanol–water partition coefficient (Wildman–Crippen LogP) is 1.62. The molecule has 0 radical (unpaired) electrons. The van der Waals surface area contributed by atoms with E-state index < -0.39 is 11.9 Å². The number of nitrogens with two attached hydrogens (primary N) is 1. The Balaban J connectivity index is 2.00. The highest BCUT2D eigenvalue weighted by Gasteiger charge is 2.31. The average molecular weight is 380 g/mol. The number of benzene rings is 1. The number of carboxylic acid groups (broad SMARTS) is 1. The summed E-state index contributed by atoms with van der Waals surface area (Å²) in [7, 11) is 0. The lowest BCUT2D eigenvalue weighted by Gasteiger charge is -2.13. The molecule has 1 saturated heterocycles. The van der Waals surface area contributed by atoms with Crippen LogP contribution in [0.2, 0.25) is 0 Å². The van der Waals surface area contributed by atoms with Crippen molar-refractivity contribution in [1.29, 1.82) is 0 Å². The molecule has 0 unspecified atom stereocenters. The van der Waals surface area contributed by atoms with Crippen molar-refractivity contribution in [3.8, 4) is 5.75 Å². The van der Waals surface area contributed by atoms with E-state index in [1.165, 1.54) is 16.7 Å². The number of primary amides is 1. The molecule has 9 heteroatoms. The van der Waals surface area contributed by atoms with Gasteiger partial charge in [-0.05, 0) is 30.2 Å². The van der Waals surface area contributed by atoms with E-state index in [0.29, 0.717) is 21.4 Å². The quantitative estimate of drug-likeness (QED) is 0.521. The molecule has 2 amide bonds. The Morgan fingerprint density at radius 2 is 2.00 bits per heavy atom. The molecule has 3 N–H and O–H groups in total. The molecule has 1 aromatic rings. The van der Waals surface area contributed by atoms with Gasteiger partial charge in [-0.25, -0.2) is 0 Å². The van der Waals surface area contributed by atoms with Gasteiger partial charge in [-0.2, -0.15) is 0 Å². The van der Waals surface area contributed by atoms with Gasteiger partial charge < -0.3 is 15.6 Å². The maximum Gasteiger partial charge on any atom is 0.303 e. The van der Waals surface area contributed by atoms with Crippen molar-refractivity contribution in [2.75, 3.05) is 13.2 Å². The number of thioether (sulfide) groups is 1. The summed E-state index contributed by atoms with van der Waals surface area (Å²) >= 11 is 6.37. The molecule has 7 nitrogen and oxygen atoms in total. The molecule has 0 aliphatic carbocycles. The molecule has 1 aromatic carbocycles. The van der Waals surface area contributed by atoms with Crippen molar-refractivity contribution in [1.82, 2.24) is 4.90 Å². The largest absolute Gasteiger partial charge is 0.484 e. The number of carbonyl (C=O) groups excluding carboxylic acids is 2. The first kappa shape index (κ1) is 18.9. The Bertz CT molecular complexity index is 731. The van der Waals surface area contributed by atoms with Crippen molar-refractivity contribution in [2.24, 2.45) is 5.73 Å². The molecule has 0 aromatic heterocycles. The van der Waals surface area contributed by atoms with E-state index in [4.69, 9.17) is 27.8 Å². The molecule has 2 rings (SSSR count). The maximum absolute atomic E-state index is 12.4. The predicted molar refractivity (Wildman–Crippen MR) is 97.9 cm³/mol. The lowest BCUT2D eigenvalue weighted by atomic mass is 10.2. The number of hydrogen-bond acceptors (Lipinski definition) is 6. The van der Waals surface area contributed by atoms with Crippen LogP contribution in [0.15, 0.2) is 29.2 Å². The lowest BCUT2D eigenvalue weighted by Crippen LogP contribution is -2.29. The Kier molecular flexibility index (Phi) is 6.54. The molecule has 1 fully saturated rings. The minimum atomic E-state index is -0.903. The summed E-state index contributed by atoms with van der Waals surface area (Å²) in [5, 5.41) is 8.67. The van der Waals surface area contributed by atoms with Crippen LogP contribution in [0.5, 0.6) is 5.75 Å². The minimum Gasteiger partial charge on any atom is -0.484 e. The Hall–Kier alpha value is -2.39. The van der Waals surface area contributed by atoms with E-state index in [1.807, 2.05) is 0 Å². The molecule has 1 aliphatic rings. The topological polar surface area (TPSA) is 110 Å². The molecule has 0 bridgehead atoms. The third kappa shape index (κ3) is 5.57. The van der Waals surface area contributed by atoms with Crippen molar-refractivity contribution >= 4 is 52.2 Å². The Morgan fingerprint density at radius 3 is 2.60 bits per heavy atom. The number of ether oxygens (including phenoxy) is 1. The third-order valence-electron chi connectivity index (χ3n) is 3.20. The van der Waals surface area contributed by atoms with E-state index >= 15 is 0 Å². The van der Waals surface area contributed by atoms with Crippen LogP contribution in [-0.2, 0) is 14.4 Å². The highest BCUT2D eigenvalue weighted by atomic mass is 32.2. The van der Waals surface area contributed by atoms with Gasteiger partial charge in [-0.1, -0.05) is 36.1 Å². The SMILES string of the molecule is NC(=O)COc1ccc(C=C2SC(=S)N(CCCC(=O)O)C2=O)cc1. The van der Waals surface area contributed by atoms with Crippen LogP contribution in [0, 0.1) is 0 Å². The van der Waals surface area contributed by atoms with E-state index in [9.17, 15) is 14.4 Å². The van der Waals surface area contributed by atoms with Gasteiger partial charge in [0, 0.05) is 13.0 Å². The highest BCUT2D eigenvalue weighted by molar-refractivity contribution is 8.26. The van der Waals surface area contributed by atoms with Crippen molar-refractivity contribution < 1.29 is 24.2 Å². The van der Waals surface area contributed by atoms with Gasteiger partial charge in [0.1, 0.15) is 10.1 Å². The molecular formula is C16H16N2O5S2. The van der Waals surface area contributed by atoms with Crippen molar-refractivity contribution in [3.63, 3.8) is 0 Å². The number of carboxylic acids is 1. The van der Waals surface area contributed by atoms with E-state index in [0.717, 1.165) is 5.56 Å². The zero-order valence-electron chi connectivity index (χ0n) is 13.1. The summed E-state index contributed by atoms with van der Waals surface area (Å²) in [6.45, 7) is 0.0859. The average Bonchev–Trinajstić information content (AvgIpc) is 2.81. The van der Waals surface area contributed by atoms with Crippen LogP contribution in [-0.4, -0.2) is 45.3 Å². The number of carbonyl (C=O) groups is 3. The normalized spacial score (nSPS) is 15.7. The third-order valence-corrected chi connectivity index (χ3v) is 4.58. The molecule has 1 heterocycles. The Labute approximate surface area is 153 Å². The van der Waals surface area contributed by atoms with Crippen LogP contribution in [0.1, 0.15) is 18.4 Å². The van der Waals surface area contributed by atoms with Gasteiger partial charge >= 0.3 is 5.97 Å². The monoisotopic (exact) mass is 380 g/mol. The van der Waals surface area contributed by atoms with Crippen LogP contribution < -0.4 is 10.5 Å². The van der Waals surface area contributed by atoms with Gasteiger partial charge in [-0.3, -0.25) is 19.3 Å². The maximum atomic E-state index is 12.4. The van der Waals surface area contributed by atoms with Gasteiger partial charge in [0.15, 0.2) is 6.61 Å². The fourth-order valence-corrected chi connectivity index (χ4v) is 3.36. The summed E-state index contributed by atoms with van der Waals surface area (Å²) in [6, 6.07) is 6.82. The minimum absolute atomic E-state index is 0.0110. The zero-order valence-corrected chi connectivity index (χ0v) is 14.8.